The molecule has 2 aromatic carbocycles. The van der Waals surface area contributed by atoms with Crippen LogP contribution >= 0.6 is 0 Å². The molecule has 1 aliphatic rings. The third-order valence-electron chi connectivity index (χ3n) is 5.13. The van der Waals surface area contributed by atoms with Crippen molar-refractivity contribution in [2.75, 3.05) is 32.0 Å². The highest BCUT2D eigenvalue weighted by atomic mass is 16.5. The highest BCUT2D eigenvalue weighted by Crippen LogP contribution is 2.37. The van der Waals surface area contributed by atoms with Crippen molar-refractivity contribution in [3.05, 3.63) is 65.6 Å². The largest absolute Gasteiger partial charge is 0.497 e. The number of aromatic nitrogens is 3. The van der Waals surface area contributed by atoms with Gasteiger partial charge in [0.25, 0.3) is 5.91 Å². The van der Waals surface area contributed by atoms with Gasteiger partial charge in [-0.05, 0) is 36.8 Å². The summed E-state index contributed by atoms with van der Waals surface area (Å²) in [5, 5.41) is 10.5. The summed E-state index contributed by atoms with van der Waals surface area (Å²) >= 11 is 0. The van der Waals surface area contributed by atoms with Crippen LogP contribution in [0, 0.1) is 0 Å². The van der Waals surface area contributed by atoms with Crippen molar-refractivity contribution in [2.24, 2.45) is 0 Å². The molecule has 0 aliphatic carbocycles. The number of carbonyl (C=O) groups is 1. The first kappa shape index (κ1) is 20.3. The molecule has 3 aromatic rings. The molecule has 1 atom stereocenters. The Morgan fingerprint density at radius 3 is 2.42 bits per heavy atom. The maximum Gasteiger partial charge on any atom is 0.255 e. The summed E-state index contributed by atoms with van der Waals surface area (Å²) in [6.45, 7) is 1.84. The van der Waals surface area contributed by atoms with Crippen molar-refractivity contribution in [1.29, 1.82) is 0 Å². The Hall–Kier alpha value is -4.01. The second-order valence-corrected chi connectivity index (χ2v) is 6.89. The molecule has 9 nitrogen and oxygen atoms in total. The molecular weight excluding hydrogens is 398 g/mol. The Kier molecular flexibility index (Phi) is 5.48. The fourth-order valence-corrected chi connectivity index (χ4v) is 3.57. The van der Waals surface area contributed by atoms with Crippen molar-refractivity contribution in [2.45, 2.75) is 13.0 Å². The van der Waals surface area contributed by atoms with Crippen LogP contribution in [-0.2, 0) is 4.79 Å². The zero-order valence-electron chi connectivity index (χ0n) is 17.7. The predicted molar refractivity (Wildman–Crippen MR) is 116 cm³/mol. The zero-order valence-corrected chi connectivity index (χ0v) is 17.7. The number of nitrogens with one attached hydrogen (secondary N) is 2. The Labute approximate surface area is 179 Å². The number of hydrogen-bond donors (Lipinski definition) is 2. The van der Waals surface area contributed by atoms with Gasteiger partial charge in [-0.25, -0.2) is 4.68 Å². The van der Waals surface area contributed by atoms with Gasteiger partial charge in [0, 0.05) is 11.8 Å². The monoisotopic (exact) mass is 421 g/mol. The SMILES string of the molecule is COc1ccc([C@H]2C(C(=O)Nc3ccc(OC)cc3OC)=C(C)Nc3ncnn32)cc1. The van der Waals surface area contributed by atoms with Gasteiger partial charge >= 0.3 is 0 Å². The number of ether oxygens (including phenoxy) is 3. The Morgan fingerprint density at radius 1 is 1.03 bits per heavy atom. The van der Waals surface area contributed by atoms with E-state index in [1.807, 2.05) is 31.2 Å². The van der Waals surface area contributed by atoms with Crippen LogP contribution < -0.4 is 24.8 Å². The maximum atomic E-state index is 13.5. The summed E-state index contributed by atoms with van der Waals surface area (Å²) in [7, 11) is 4.73. The smallest absolute Gasteiger partial charge is 0.255 e. The molecule has 0 saturated carbocycles. The van der Waals surface area contributed by atoms with Gasteiger partial charge < -0.3 is 24.8 Å². The van der Waals surface area contributed by atoms with Crippen LogP contribution in [0.4, 0.5) is 11.6 Å². The minimum Gasteiger partial charge on any atom is -0.497 e. The summed E-state index contributed by atoms with van der Waals surface area (Å²) in [6, 6.07) is 12.3. The van der Waals surface area contributed by atoms with Crippen molar-refractivity contribution < 1.29 is 19.0 Å². The lowest BCUT2D eigenvalue weighted by molar-refractivity contribution is -0.113. The van der Waals surface area contributed by atoms with Crippen LogP contribution in [-0.4, -0.2) is 42.0 Å². The van der Waals surface area contributed by atoms with E-state index in [9.17, 15) is 4.79 Å². The lowest BCUT2D eigenvalue weighted by atomic mass is 9.95. The third kappa shape index (κ3) is 3.77. The minimum absolute atomic E-state index is 0.282. The quantitative estimate of drug-likeness (QED) is 0.630. The van der Waals surface area contributed by atoms with Crippen molar-refractivity contribution in [1.82, 2.24) is 14.8 Å². The summed E-state index contributed by atoms with van der Waals surface area (Å²) in [6.07, 6.45) is 1.46. The van der Waals surface area contributed by atoms with E-state index in [1.54, 1.807) is 44.2 Å². The van der Waals surface area contributed by atoms with E-state index < -0.39 is 6.04 Å². The fraction of sp³-hybridized carbons (Fsp3) is 0.227. The van der Waals surface area contributed by atoms with Crippen LogP contribution in [0.2, 0.25) is 0 Å². The van der Waals surface area contributed by atoms with Crippen LogP contribution in [0.5, 0.6) is 17.2 Å². The number of carbonyl (C=O) groups excluding carboxylic acids is 1. The van der Waals surface area contributed by atoms with E-state index in [0.717, 1.165) is 11.3 Å². The average molecular weight is 421 g/mol. The number of benzene rings is 2. The summed E-state index contributed by atoms with van der Waals surface area (Å²) in [4.78, 5) is 17.7. The number of anilines is 2. The van der Waals surface area contributed by atoms with Gasteiger partial charge in [0.05, 0.1) is 32.6 Å². The number of amides is 1. The molecule has 1 aliphatic heterocycles. The van der Waals surface area contributed by atoms with Crippen molar-refractivity contribution in [3.8, 4) is 17.2 Å². The lowest BCUT2D eigenvalue weighted by Gasteiger charge is -2.29. The van der Waals surface area contributed by atoms with Gasteiger partial charge in [-0.1, -0.05) is 12.1 Å². The van der Waals surface area contributed by atoms with Gasteiger partial charge in [0.2, 0.25) is 5.95 Å². The zero-order chi connectivity index (χ0) is 22.0. The van der Waals surface area contributed by atoms with Crippen LogP contribution in [0.25, 0.3) is 0 Å². The first-order valence-corrected chi connectivity index (χ1v) is 9.60. The number of rotatable bonds is 6. The first-order valence-electron chi connectivity index (χ1n) is 9.60. The Bertz CT molecular complexity index is 1140. The van der Waals surface area contributed by atoms with E-state index in [-0.39, 0.29) is 5.91 Å². The van der Waals surface area contributed by atoms with Crippen LogP contribution in [0.1, 0.15) is 18.5 Å². The van der Waals surface area contributed by atoms with E-state index in [4.69, 9.17) is 14.2 Å². The van der Waals surface area contributed by atoms with Gasteiger partial charge in [-0.2, -0.15) is 10.1 Å². The molecule has 4 rings (SSSR count). The van der Waals surface area contributed by atoms with Gasteiger partial charge in [0.1, 0.15) is 29.6 Å². The molecule has 2 heterocycles. The number of allylic oxidation sites excluding steroid dienone is 1. The lowest BCUT2D eigenvalue weighted by Crippen LogP contribution is -2.31. The van der Waals surface area contributed by atoms with E-state index in [0.29, 0.717) is 34.4 Å². The van der Waals surface area contributed by atoms with Crippen LogP contribution in [0.15, 0.2) is 60.1 Å². The van der Waals surface area contributed by atoms with E-state index >= 15 is 0 Å². The average Bonchev–Trinajstić information content (AvgIpc) is 3.26. The fourth-order valence-electron chi connectivity index (χ4n) is 3.57. The van der Waals surface area contributed by atoms with Crippen LogP contribution in [0.3, 0.4) is 0 Å². The molecule has 9 heteroatoms. The normalized spacial score (nSPS) is 15.0. The Morgan fingerprint density at radius 2 is 1.74 bits per heavy atom. The molecule has 0 bridgehead atoms. The third-order valence-corrected chi connectivity index (χ3v) is 5.13. The minimum atomic E-state index is -0.464. The highest BCUT2D eigenvalue weighted by molar-refractivity contribution is 6.06. The van der Waals surface area contributed by atoms with Crippen molar-refractivity contribution >= 4 is 17.5 Å². The van der Waals surface area contributed by atoms with E-state index in [2.05, 4.69) is 20.7 Å². The molecular formula is C22H23N5O4. The molecule has 0 radical (unpaired) electrons. The predicted octanol–water partition coefficient (Wildman–Crippen LogP) is 3.23. The molecule has 0 fully saturated rings. The molecule has 2 N–H and O–H groups in total. The standard InChI is InChI=1S/C22H23N5O4/c1-13-19(21(28)26-17-10-9-16(30-3)11-18(17)31-4)20(27-22(25-13)23-12-24-27)14-5-7-15(29-2)8-6-14/h5-12,20H,1-4H3,(H,26,28)(H,23,24,25)/t20-/m0/s1. The molecule has 0 unspecified atom stereocenters. The second-order valence-electron chi connectivity index (χ2n) is 6.89. The van der Waals surface area contributed by atoms with Gasteiger partial charge in [-0.3, -0.25) is 4.79 Å². The maximum absolute atomic E-state index is 13.5. The summed E-state index contributed by atoms with van der Waals surface area (Å²) in [5.74, 6) is 2.14. The van der Waals surface area contributed by atoms with E-state index in [1.165, 1.54) is 6.33 Å². The molecule has 0 saturated heterocycles. The molecule has 31 heavy (non-hydrogen) atoms. The first-order chi connectivity index (χ1) is 15.0. The highest BCUT2D eigenvalue weighted by Gasteiger charge is 2.33. The second kappa shape index (κ2) is 8.39. The molecule has 1 aromatic heterocycles. The number of nitrogens with zero attached hydrogens (tertiary/aromatic N) is 3. The van der Waals surface area contributed by atoms with Gasteiger partial charge in [0.15, 0.2) is 0 Å². The summed E-state index contributed by atoms with van der Waals surface area (Å²) < 4.78 is 17.6. The molecule has 160 valence electrons. The van der Waals surface area contributed by atoms with Crippen molar-refractivity contribution in [3.63, 3.8) is 0 Å². The Balaban J connectivity index is 1.73. The number of methoxy groups -OCH3 is 3. The topological polar surface area (TPSA) is 99.5 Å². The number of hydrogen-bond acceptors (Lipinski definition) is 7. The van der Waals surface area contributed by atoms with Gasteiger partial charge in [-0.15, -0.1) is 0 Å². The number of fused-ring (bicyclic) bond motifs is 1. The molecule has 0 spiro atoms. The molecule has 1 amide bonds. The summed E-state index contributed by atoms with van der Waals surface area (Å²) in [5.41, 5.74) is 2.61.